The Hall–Kier alpha value is -1.31. The molecule has 1 aliphatic carbocycles. The monoisotopic (exact) mass is 413 g/mol. The van der Waals surface area contributed by atoms with Crippen LogP contribution < -0.4 is 10.0 Å². The van der Waals surface area contributed by atoms with Crippen molar-refractivity contribution in [3.05, 3.63) is 34.9 Å². The van der Waals surface area contributed by atoms with Gasteiger partial charge in [0, 0.05) is 30.2 Å². The van der Waals surface area contributed by atoms with E-state index in [4.69, 9.17) is 11.6 Å². The lowest BCUT2D eigenvalue weighted by Gasteiger charge is -2.36. The van der Waals surface area contributed by atoms with E-state index < -0.39 is 10.0 Å². The summed E-state index contributed by atoms with van der Waals surface area (Å²) in [5, 5.41) is 3.91. The van der Waals surface area contributed by atoms with E-state index in [0.29, 0.717) is 19.0 Å². The third kappa shape index (κ3) is 6.09. The maximum atomic E-state index is 12.7. The Morgan fingerprint density at radius 2 is 1.96 bits per heavy atom. The number of hydrogen-bond acceptors (Lipinski definition) is 3. The van der Waals surface area contributed by atoms with Gasteiger partial charge in [0.05, 0.1) is 6.26 Å². The molecule has 2 aliphatic rings. The number of carbonyl (C=O) groups is 1. The van der Waals surface area contributed by atoms with Crippen molar-refractivity contribution in [2.45, 2.75) is 56.5 Å². The number of nitrogens with zero attached hydrogens (tertiary/aromatic N) is 1. The van der Waals surface area contributed by atoms with Gasteiger partial charge in [0.25, 0.3) is 0 Å². The average molecular weight is 414 g/mol. The lowest BCUT2D eigenvalue weighted by molar-refractivity contribution is 0.170. The minimum atomic E-state index is -3.26. The largest absolute Gasteiger partial charge is 0.335 e. The molecule has 3 rings (SSSR count). The first-order valence-corrected chi connectivity index (χ1v) is 11.9. The zero-order valence-corrected chi connectivity index (χ0v) is 17.2. The molecule has 2 amide bonds. The smallest absolute Gasteiger partial charge is 0.317 e. The fourth-order valence-electron chi connectivity index (χ4n) is 4.21. The second-order valence-electron chi connectivity index (χ2n) is 7.74. The van der Waals surface area contributed by atoms with Crippen molar-refractivity contribution in [2.24, 2.45) is 0 Å². The van der Waals surface area contributed by atoms with Gasteiger partial charge in [-0.25, -0.2) is 17.9 Å². The molecule has 1 aliphatic heterocycles. The van der Waals surface area contributed by atoms with Crippen LogP contribution >= 0.6 is 11.6 Å². The van der Waals surface area contributed by atoms with E-state index >= 15 is 0 Å². The quantitative estimate of drug-likeness (QED) is 0.796. The van der Waals surface area contributed by atoms with E-state index in [1.54, 1.807) is 4.90 Å². The van der Waals surface area contributed by atoms with Crippen LogP contribution in [0.25, 0.3) is 0 Å². The second-order valence-corrected chi connectivity index (χ2v) is 9.96. The third-order valence-corrected chi connectivity index (χ3v) is 6.41. The topological polar surface area (TPSA) is 78.5 Å². The number of piperidine rings is 1. The van der Waals surface area contributed by atoms with Crippen LogP contribution in [0.2, 0.25) is 5.02 Å². The summed E-state index contributed by atoms with van der Waals surface area (Å²) >= 11 is 6.12. The van der Waals surface area contributed by atoms with E-state index in [1.165, 1.54) is 5.56 Å². The fraction of sp³-hybridized carbons (Fsp3) is 0.632. The highest BCUT2D eigenvalue weighted by molar-refractivity contribution is 7.88. The molecule has 8 heteroatoms. The lowest BCUT2D eigenvalue weighted by Crippen LogP contribution is -2.53. The number of sulfonamides is 1. The first-order chi connectivity index (χ1) is 12.8. The summed E-state index contributed by atoms with van der Waals surface area (Å²) in [6.45, 7) is 1.08. The van der Waals surface area contributed by atoms with Gasteiger partial charge in [0.15, 0.2) is 0 Å². The minimum absolute atomic E-state index is 0.0910. The summed E-state index contributed by atoms with van der Waals surface area (Å²) in [5.74, 6) is 0.406. The average Bonchev–Trinajstić information content (AvgIpc) is 2.61. The molecule has 0 bridgehead atoms. The van der Waals surface area contributed by atoms with Crippen molar-refractivity contribution in [3.63, 3.8) is 0 Å². The van der Waals surface area contributed by atoms with Crippen LogP contribution in [0, 0.1) is 0 Å². The molecule has 1 aromatic rings. The highest BCUT2D eigenvalue weighted by atomic mass is 35.5. The number of rotatable bonds is 4. The van der Waals surface area contributed by atoms with Crippen LogP contribution in [-0.4, -0.2) is 50.8 Å². The summed E-state index contributed by atoms with van der Waals surface area (Å²) in [7, 11) is -3.26. The first-order valence-electron chi connectivity index (χ1n) is 9.58. The van der Waals surface area contributed by atoms with Crippen molar-refractivity contribution in [3.8, 4) is 0 Å². The Labute approximate surface area is 166 Å². The highest BCUT2D eigenvalue weighted by Crippen LogP contribution is 2.34. The standard InChI is InChI=1S/C19H28ClN3O3S/c1-27(25,26)22-18-9-4-10-23(13-18)19(24)21-17-8-3-6-15(12-17)14-5-2-7-16(20)11-14/h2,5,7,11,15,17-18,22H,3-4,6,8-10,12-13H2,1H3,(H,21,24). The Balaban J connectivity index is 1.55. The number of likely N-dealkylation sites (tertiary alicyclic amines) is 1. The van der Waals surface area contributed by atoms with E-state index in [0.717, 1.165) is 49.8 Å². The summed E-state index contributed by atoms with van der Waals surface area (Å²) in [4.78, 5) is 14.4. The van der Waals surface area contributed by atoms with Crippen molar-refractivity contribution < 1.29 is 13.2 Å². The second kappa shape index (κ2) is 8.80. The van der Waals surface area contributed by atoms with E-state index in [9.17, 15) is 13.2 Å². The van der Waals surface area contributed by atoms with Gasteiger partial charge in [0.2, 0.25) is 10.0 Å². The first kappa shape index (κ1) is 20.4. The van der Waals surface area contributed by atoms with E-state index in [2.05, 4.69) is 16.1 Å². The zero-order chi connectivity index (χ0) is 19.4. The minimum Gasteiger partial charge on any atom is -0.335 e. The van der Waals surface area contributed by atoms with Crippen LogP contribution in [0.4, 0.5) is 4.79 Å². The predicted molar refractivity (Wildman–Crippen MR) is 108 cm³/mol. The number of carbonyl (C=O) groups excluding carboxylic acids is 1. The fourth-order valence-corrected chi connectivity index (χ4v) is 5.21. The molecular weight excluding hydrogens is 386 g/mol. The number of halogens is 1. The Bertz CT molecular complexity index is 771. The van der Waals surface area contributed by atoms with Gasteiger partial charge in [-0.1, -0.05) is 30.2 Å². The van der Waals surface area contributed by atoms with Crippen molar-refractivity contribution in [2.75, 3.05) is 19.3 Å². The van der Waals surface area contributed by atoms with Crippen LogP contribution in [0.5, 0.6) is 0 Å². The molecule has 3 unspecified atom stereocenters. The van der Waals surface area contributed by atoms with Crippen molar-refractivity contribution >= 4 is 27.7 Å². The molecule has 2 N–H and O–H groups in total. The zero-order valence-electron chi connectivity index (χ0n) is 15.7. The van der Waals surface area contributed by atoms with Gasteiger partial charge in [0.1, 0.15) is 0 Å². The number of nitrogens with one attached hydrogen (secondary N) is 2. The molecule has 1 saturated heterocycles. The summed E-state index contributed by atoms with van der Waals surface area (Å²) in [5.41, 5.74) is 1.23. The Morgan fingerprint density at radius 3 is 2.70 bits per heavy atom. The Kier molecular flexibility index (Phi) is 6.65. The molecule has 0 radical (unpaired) electrons. The molecule has 27 heavy (non-hydrogen) atoms. The van der Waals surface area contributed by atoms with Gasteiger partial charge >= 0.3 is 6.03 Å². The number of amides is 2. The van der Waals surface area contributed by atoms with Crippen molar-refractivity contribution in [1.82, 2.24) is 14.9 Å². The SMILES string of the molecule is CS(=O)(=O)NC1CCCN(C(=O)NC2CCCC(c3cccc(Cl)c3)C2)C1. The molecule has 150 valence electrons. The molecule has 0 aromatic heterocycles. The van der Waals surface area contributed by atoms with Crippen LogP contribution in [0.1, 0.15) is 50.0 Å². The molecule has 6 nitrogen and oxygen atoms in total. The van der Waals surface area contributed by atoms with Crippen molar-refractivity contribution in [1.29, 1.82) is 0 Å². The molecule has 0 spiro atoms. The van der Waals surface area contributed by atoms with E-state index in [-0.39, 0.29) is 18.1 Å². The van der Waals surface area contributed by atoms with Crippen LogP contribution in [-0.2, 0) is 10.0 Å². The molecule has 2 fully saturated rings. The maximum absolute atomic E-state index is 12.7. The lowest BCUT2D eigenvalue weighted by atomic mass is 9.81. The number of urea groups is 1. The van der Waals surface area contributed by atoms with Gasteiger partial charge < -0.3 is 10.2 Å². The highest BCUT2D eigenvalue weighted by Gasteiger charge is 2.29. The number of benzene rings is 1. The maximum Gasteiger partial charge on any atom is 0.317 e. The van der Waals surface area contributed by atoms with Gasteiger partial charge in [-0.2, -0.15) is 0 Å². The molecule has 1 aromatic carbocycles. The molecule has 3 atom stereocenters. The van der Waals surface area contributed by atoms with Gasteiger partial charge in [-0.3, -0.25) is 0 Å². The van der Waals surface area contributed by atoms with Gasteiger partial charge in [-0.15, -0.1) is 0 Å². The summed E-state index contributed by atoms with van der Waals surface area (Å²) in [6.07, 6.45) is 6.78. The summed E-state index contributed by atoms with van der Waals surface area (Å²) < 4.78 is 25.5. The van der Waals surface area contributed by atoms with Gasteiger partial charge in [-0.05, 0) is 55.7 Å². The molecule has 1 saturated carbocycles. The van der Waals surface area contributed by atoms with Crippen LogP contribution in [0.3, 0.4) is 0 Å². The van der Waals surface area contributed by atoms with E-state index in [1.807, 2.05) is 18.2 Å². The Morgan fingerprint density at radius 1 is 1.19 bits per heavy atom. The predicted octanol–water partition coefficient (Wildman–Crippen LogP) is 3.09. The summed E-state index contributed by atoms with van der Waals surface area (Å²) in [6, 6.07) is 7.82. The normalized spacial score (nSPS) is 26.6. The van der Waals surface area contributed by atoms with Crippen LogP contribution in [0.15, 0.2) is 24.3 Å². The molecule has 1 heterocycles. The molecular formula is C19H28ClN3O3S. The third-order valence-electron chi connectivity index (χ3n) is 5.41. The number of hydrogen-bond donors (Lipinski definition) is 2.